The Hall–Kier alpha value is -4.89. The molecular formula is C55H85F3N5O6+. The van der Waals surface area contributed by atoms with Gasteiger partial charge in [-0.1, -0.05) is 122 Å². The highest BCUT2D eigenvalue weighted by Crippen LogP contribution is 2.62. The van der Waals surface area contributed by atoms with E-state index in [-0.39, 0.29) is 53.9 Å². The standard InChI is InChI=1S/C45H58F3N5O5.C5H12.C3H8O.C2H6/c1-9-16-35(38(11-3)49-33(8)34(10-2)25-32(7)44(23-24-44)45(46,47)48)20-13-12-17-29(4)28-58-40-27-39(41-30(5)18-14-19-31(41)6)50-43(51-40)52-53(56,57)37-22-15-21-36(26-37)42(54)55;1-4-5(2)3;1-3(2)4;1-2/h10-11,14-15,18-19,21-22,25-27,29,35,56-57H,9,12-13,16-17,20,23-24,28H2,1-8H3,(H-,50,51,52,54,55);5H,4H2,1-3H3;3-4H,1-2H3;1-2H3/p+1/b32-25+,34-10-,38-11-,49-33+;;;. The van der Waals surface area contributed by atoms with Crippen molar-refractivity contribution in [1.82, 2.24) is 14.9 Å². The molecule has 386 valence electrons. The number of benzene rings is 2. The minimum Gasteiger partial charge on any atom is -0.478 e. The summed E-state index contributed by atoms with van der Waals surface area (Å²) in [6.45, 7) is 29.8. The number of hydrogen-bond acceptors (Lipinski definition) is 9. The summed E-state index contributed by atoms with van der Waals surface area (Å²) in [5, 5.41) is 39.4. The van der Waals surface area contributed by atoms with Gasteiger partial charge in [-0.05, 0) is 122 Å². The Morgan fingerprint density at radius 2 is 1.48 bits per heavy atom. The summed E-state index contributed by atoms with van der Waals surface area (Å²) in [5.74, 6) is 0.124. The van der Waals surface area contributed by atoms with Crippen molar-refractivity contribution in [3.05, 3.63) is 100 Å². The highest BCUT2D eigenvalue weighted by molar-refractivity contribution is 6.01. The van der Waals surface area contributed by atoms with Crippen molar-refractivity contribution in [2.75, 3.05) is 12.0 Å². The molecule has 0 bridgehead atoms. The molecule has 1 saturated carbocycles. The number of rotatable bonds is 21. The van der Waals surface area contributed by atoms with Gasteiger partial charge in [0.2, 0.25) is 11.6 Å². The number of aliphatic hydroxyl groups excluding tert-OH is 1. The summed E-state index contributed by atoms with van der Waals surface area (Å²) in [7, 11) is 0. The van der Waals surface area contributed by atoms with Crippen LogP contribution >= 0.6 is 0 Å². The quantitative estimate of drug-likeness (QED) is 0.0230. The summed E-state index contributed by atoms with van der Waals surface area (Å²) in [5.41, 5.74) is 6.46. The number of ether oxygens (including phenoxy) is 1. The number of aliphatic hydroxyl groups is 1. The van der Waals surface area contributed by atoms with Crippen LogP contribution in [0, 0.1) is 37.0 Å². The van der Waals surface area contributed by atoms with Crippen LogP contribution < -0.4 is 15.1 Å². The number of quaternary nitrogens is 1. The molecule has 1 aliphatic carbocycles. The average molecular weight is 969 g/mol. The predicted molar refractivity (Wildman–Crippen MR) is 277 cm³/mol. The van der Waals surface area contributed by atoms with Gasteiger partial charge in [0.15, 0.2) is 0 Å². The molecule has 1 heterocycles. The van der Waals surface area contributed by atoms with Gasteiger partial charge in [-0.25, -0.2) is 9.78 Å². The summed E-state index contributed by atoms with van der Waals surface area (Å²) < 4.78 is 47.5. The Labute approximate surface area is 411 Å². The van der Waals surface area contributed by atoms with Crippen LogP contribution in [0.1, 0.15) is 169 Å². The average Bonchev–Trinajstić information content (AvgIpc) is 4.12. The molecule has 3 aromatic rings. The zero-order chi connectivity index (χ0) is 52.7. The predicted octanol–water partition coefficient (Wildman–Crippen LogP) is 15.6. The number of unbranched alkanes of at least 4 members (excludes halogenated alkanes) is 1. The fourth-order valence-corrected chi connectivity index (χ4v) is 7.36. The van der Waals surface area contributed by atoms with E-state index in [1.807, 2.05) is 78.8 Å². The van der Waals surface area contributed by atoms with Gasteiger partial charge < -0.3 is 14.9 Å². The van der Waals surface area contributed by atoms with Gasteiger partial charge in [-0.3, -0.25) is 4.99 Å². The zero-order valence-corrected chi connectivity index (χ0v) is 44.3. The van der Waals surface area contributed by atoms with E-state index in [1.165, 1.54) is 24.6 Å². The second-order valence-electron chi connectivity index (χ2n) is 18.4. The molecule has 0 radical (unpaired) electrons. The minimum absolute atomic E-state index is 0.127. The van der Waals surface area contributed by atoms with E-state index in [9.17, 15) is 33.5 Å². The lowest BCUT2D eigenvalue weighted by atomic mass is 9.91. The molecule has 0 aliphatic heterocycles. The first-order chi connectivity index (χ1) is 32.4. The fraction of sp³-hybridized carbons (Fsp3) is 0.564. The number of carboxylic acid groups (broad SMARTS) is 1. The van der Waals surface area contributed by atoms with Crippen LogP contribution in [0.5, 0.6) is 5.88 Å². The molecule has 14 heteroatoms. The first kappa shape index (κ1) is 62.1. The van der Waals surface area contributed by atoms with E-state index in [2.05, 4.69) is 50.0 Å². The molecule has 2 aromatic carbocycles. The summed E-state index contributed by atoms with van der Waals surface area (Å²) in [6.07, 6.45) is 8.29. The lowest BCUT2D eigenvalue weighted by Gasteiger charge is -2.21. The molecular weight excluding hydrogens is 884 g/mol. The normalized spacial score (nSPS) is 14.9. The van der Waals surface area contributed by atoms with Crippen LogP contribution in [-0.2, 0) is 0 Å². The van der Waals surface area contributed by atoms with Crippen LogP contribution in [0.4, 0.5) is 24.8 Å². The second kappa shape index (κ2) is 30.0. The van der Waals surface area contributed by atoms with Crippen molar-refractivity contribution in [2.24, 2.45) is 28.2 Å². The Morgan fingerprint density at radius 3 is 1.97 bits per heavy atom. The summed E-state index contributed by atoms with van der Waals surface area (Å²) in [6, 6.07) is 12.8. The molecule has 11 nitrogen and oxygen atoms in total. The third-order valence-corrected chi connectivity index (χ3v) is 11.8. The second-order valence-corrected chi connectivity index (χ2v) is 18.4. The molecule has 4 rings (SSSR count). The number of aliphatic imine (C=N–C) groups is 1. The monoisotopic (exact) mass is 969 g/mol. The number of carbonyl (C=O) groups is 1. The number of carboxylic acids is 1. The SMILES string of the molecule is C/C=C(/C=C(\C)C1(C(F)(F)F)CC1)C(\C)=N\C(=C/C)C(CCC)CCCCC(C)COc1cc(-c2c(C)cccc2C)nc(N[N+](O)(O)c2cccc(C(=O)O)c2)n1.CC.CC(C)O.CCC(C)C. The molecule has 1 fully saturated rings. The lowest BCUT2D eigenvalue weighted by molar-refractivity contribution is -0.273. The highest BCUT2D eigenvalue weighted by Gasteiger charge is 2.64. The van der Waals surface area contributed by atoms with E-state index in [0.29, 0.717) is 29.2 Å². The molecule has 2 unspecified atom stereocenters. The van der Waals surface area contributed by atoms with Gasteiger partial charge in [0, 0.05) is 47.2 Å². The van der Waals surface area contributed by atoms with E-state index < -0.39 is 22.5 Å². The number of nitrogens with zero attached hydrogens (tertiary/aromatic N) is 4. The van der Waals surface area contributed by atoms with Gasteiger partial charge in [0.05, 0.1) is 28.2 Å². The Balaban J connectivity index is 0.00000196. The van der Waals surface area contributed by atoms with E-state index in [4.69, 9.17) is 14.8 Å². The number of halogens is 3. The van der Waals surface area contributed by atoms with Gasteiger partial charge in [0.1, 0.15) is 0 Å². The molecule has 0 amide bonds. The van der Waals surface area contributed by atoms with Gasteiger partial charge in [0.25, 0.3) is 5.95 Å². The number of aromatic carboxylic acids is 1. The number of aromatic nitrogens is 2. The molecule has 0 saturated heterocycles. The first-order valence-corrected chi connectivity index (χ1v) is 24.7. The van der Waals surface area contributed by atoms with Crippen molar-refractivity contribution in [2.45, 2.75) is 174 Å². The van der Waals surface area contributed by atoms with Crippen LogP contribution in [0.2, 0.25) is 0 Å². The van der Waals surface area contributed by atoms with Crippen molar-refractivity contribution < 1.29 is 43.3 Å². The molecule has 69 heavy (non-hydrogen) atoms. The Bertz CT molecular complexity index is 2140. The first-order valence-electron chi connectivity index (χ1n) is 24.7. The number of nitrogens with one attached hydrogen (secondary N) is 1. The van der Waals surface area contributed by atoms with Crippen LogP contribution in [0.3, 0.4) is 0 Å². The number of anilines is 1. The van der Waals surface area contributed by atoms with E-state index in [0.717, 1.165) is 72.9 Å². The van der Waals surface area contributed by atoms with Crippen molar-refractivity contribution in [3.63, 3.8) is 0 Å². The molecule has 1 aliphatic rings. The molecule has 1 aromatic heterocycles. The summed E-state index contributed by atoms with van der Waals surface area (Å²) >= 11 is 0. The number of aryl methyl sites for hydroxylation is 2. The maximum Gasteiger partial charge on any atom is 0.398 e. The maximum absolute atomic E-state index is 13.8. The zero-order valence-electron chi connectivity index (χ0n) is 44.3. The van der Waals surface area contributed by atoms with Crippen molar-refractivity contribution in [3.8, 4) is 17.1 Å². The minimum atomic E-state index is -4.25. The fourth-order valence-electron chi connectivity index (χ4n) is 7.36. The highest BCUT2D eigenvalue weighted by atomic mass is 19.4. The topological polar surface area (TPSA) is 157 Å². The molecule has 2 atom stereocenters. The van der Waals surface area contributed by atoms with E-state index >= 15 is 0 Å². The number of hydrogen-bond donors (Lipinski definition) is 5. The van der Waals surface area contributed by atoms with Crippen molar-refractivity contribution >= 4 is 23.3 Å². The van der Waals surface area contributed by atoms with Crippen LogP contribution in [0.15, 0.2) is 88.6 Å². The number of allylic oxidation sites excluding steroid dienone is 6. The van der Waals surface area contributed by atoms with Gasteiger partial charge in [-0.2, -0.15) is 18.2 Å². The van der Waals surface area contributed by atoms with Crippen molar-refractivity contribution in [1.29, 1.82) is 0 Å². The van der Waals surface area contributed by atoms with Crippen LogP contribution in [-0.4, -0.2) is 61.2 Å². The van der Waals surface area contributed by atoms with Gasteiger partial charge in [-0.15, -0.1) is 15.8 Å². The number of alkyl halides is 3. The Morgan fingerprint density at radius 1 is 0.913 bits per heavy atom. The van der Waals surface area contributed by atoms with E-state index in [1.54, 1.807) is 32.9 Å². The van der Waals surface area contributed by atoms with Crippen LogP contribution in [0.25, 0.3) is 11.3 Å². The lowest BCUT2D eigenvalue weighted by Crippen LogP contribution is -2.48. The third kappa shape index (κ3) is 20.5. The molecule has 5 N–H and O–H groups in total. The Kier molecular flexibility index (Phi) is 27.0. The third-order valence-electron chi connectivity index (χ3n) is 11.8. The van der Waals surface area contributed by atoms with Gasteiger partial charge >= 0.3 is 12.1 Å². The smallest absolute Gasteiger partial charge is 0.398 e. The largest absolute Gasteiger partial charge is 0.478 e. The maximum atomic E-state index is 13.8. The summed E-state index contributed by atoms with van der Waals surface area (Å²) in [4.78, 5) is 23.6. The molecule has 0 spiro atoms.